The number of ether oxygens (including phenoxy) is 2. The van der Waals surface area contributed by atoms with Crippen molar-refractivity contribution in [1.82, 2.24) is 15.0 Å². The van der Waals surface area contributed by atoms with Crippen molar-refractivity contribution in [2.75, 3.05) is 17.4 Å². The summed E-state index contributed by atoms with van der Waals surface area (Å²) in [6, 6.07) is 17.4. The fourth-order valence-electron chi connectivity index (χ4n) is 2.88. The van der Waals surface area contributed by atoms with Crippen molar-refractivity contribution in [2.24, 2.45) is 0 Å². The molecule has 0 radical (unpaired) electrons. The second kappa shape index (κ2) is 6.45. The van der Waals surface area contributed by atoms with Crippen LogP contribution in [0.5, 0.6) is 11.5 Å². The van der Waals surface area contributed by atoms with Gasteiger partial charge in [-0.3, -0.25) is 4.98 Å². The second-order valence-electron chi connectivity index (χ2n) is 6.00. The molecule has 3 heterocycles. The lowest BCUT2D eigenvalue weighted by Gasteiger charge is -2.09. The Morgan fingerprint density at radius 1 is 0.815 bits per heavy atom. The van der Waals surface area contributed by atoms with Crippen molar-refractivity contribution in [1.29, 1.82) is 0 Å². The zero-order valence-corrected chi connectivity index (χ0v) is 14.2. The highest BCUT2D eigenvalue weighted by molar-refractivity contribution is 5.82. The molecule has 1 aliphatic rings. The lowest BCUT2D eigenvalue weighted by molar-refractivity contribution is 0.174. The van der Waals surface area contributed by atoms with Crippen molar-refractivity contribution >= 4 is 34.0 Å². The average molecular weight is 357 g/mol. The third-order valence-electron chi connectivity index (χ3n) is 4.15. The molecule has 0 unspecified atom stereocenters. The van der Waals surface area contributed by atoms with E-state index < -0.39 is 0 Å². The van der Waals surface area contributed by atoms with Gasteiger partial charge in [0, 0.05) is 23.3 Å². The van der Waals surface area contributed by atoms with Crippen molar-refractivity contribution in [3.05, 3.63) is 67.0 Å². The number of hydrogen-bond acceptors (Lipinski definition) is 7. The van der Waals surface area contributed by atoms with Crippen molar-refractivity contribution in [2.45, 2.75) is 0 Å². The molecule has 1 aliphatic heterocycles. The Morgan fingerprint density at radius 2 is 1.74 bits per heavy atom. The third kappa shape index (κ3) is 3.18. The number of rotatable bonds is 4. The van der Waals surface area contributed by atoms with E-state index in [-0.39, 0.29) is 6.79 Å². The van der Waals surface area contributed by atoms with Gasteiger partial charge in [0.05, 0.1) is 17.4 Å². The summed E-state index contributed by atoms with van der Waals surface area (Å²) >= 11 is 0. The molecule has 0 saturated carbocycles. The molecule has 2 aromatic carbocycles. The highest BCUT2D eigenvalue weighted by Gasteiger charge is 2.13. The maximum absolute atomic E-state index is 5.39. The van der Waals surface area contributed by atoms with E-state index in [0.717, 1.165) is 28.0 Å². The van der Waals surface area contributed by atoms with Gasteiger partial charge in [0.2, 0.25) is 12.7 Å². The predicted molar refractivity (Wildman–Crippen MR) is 103 cm³/mol. The summed E-state index contributed by atoms with van der Waals surface area (Å²) in [6.45, 7) is 0.245. The molecule has 0 amide bonds. The van der Waals surface area contributed by atoms with Crippen molar-refractivity contribution in [3.63, 3.8) is 0 Å². The van der Waals surface area contributed by atoms with Gasteiger partial charge in [-0.25, -0.2) is 4.98 Å². The minimum absolute atomic E-state index is 0.245. The first-order valence-electron chi connectivity index (χ1n) is 8.45. The second-order valence-corrected chi connectivity index (χ2v) is 6.00. The van der Waals surface area contributed by atoms with E-state index in [1.165, 1.54) is 0 Å². The van der Waals surface area contributed by atoms with E-state index in [9.17, 15) is 0 Å². The average Bonchev–Trinajstić information content (AvgIpc) is 3.16. The summed E-state index contributed by atoms with van der Waals surface area (Å²) < 4.78 is 10.7. The minimum Gasteiger partial charge on any atom is -0.454 e. The number of fused-ring (bicyclic) bond motifs is 2. The predicted octanol–water partition coefficient (Wildman–Crippen LogP) is 4.24. The zero-order chi connectivity index (χ0) is 18.1. The van der Waals surface area contributed by atoms with Crippen LogP contribution in [-0.4, -0.2) is 21.7 Å². The maximum atomic E-state index is 5.39. The number of nitrogens with zero attached hydrogens (tertiary/aromatic N) is 3. The van der Waals surface area contributed by atoms with Crippen LogP contribution in [0.15, 0.2) is 67.0 Å². The molecule has 0 aliphatic carbocycles. The Kier molecular flexibility index (Phi) is 3.68. The first-order chi connectivity index (χ1) is 13.3. The molecular weight excluding hydrogens is 342 g/mol. The van der Waals surface area contributed by atoms with Gasteiger partial charge in [-0.05, 0) is 30.3 Å². The Balaban J connectivity index is 1.36. The van der Waals surface area contributed by atoms with Gasteiger partial charge in [-0.15, -0.1) is 0 Å². The van der Waals surface area contributed by atoms with Crippen molar-refractivity contribution in [3.8, 4) is 11.5 Å². The van der Waals surface area contributed by atoms with Gasteiger partial charge >= 0.3 is 0 Å². The van der Waals surface area contributed by atoms with Crippen LogP contribution in [0.1, 0.15) is 0 Å². The molecule has 4 aromatic rings. The van der Waals surface area contributed by atoms with E-state index in [1.807, 2.05) is 48.5 Å². The monoisotopic (exact) mass is 357 g/mol. The highest BCUT2D eigenvalue weighted by Crippen LogP contribution is 2.34. The van der Waals surface area contributed by atoms with Crippen LogP contribution in [0.25, 0.3) is 10.9 Å². The number of hydrogen-bond donors (Lipinski definition) is 2. The zero-order valence-electron chi connectivity index (χ0n) is 14.2. The molecule has 2 N–H and O–H groups in total. The van der Waals surface area contributed by atoms with Gasteiger partial charge in [-0.1, -0.05) is 18.2 Å². The van der Waals surface area contributed by atoms with Crippen LogP contribution in [0.3, 0.4) is 0 Å². The topological polar surface area (TPSA) is 81.2 Å². The largest absolute Gasteiger partial charge is 0.454 e. The Hall–Kier alpha value is -3.87. The van der Waals surface area contributed by atoms with Crippen LogP contribution in [0.2, 0.25) is 0 Å². The van der Waals surface area contributed by atoms with E-state index >= 15 is 0 Å². The first kappa shape index (κ1) is 15.4. The maximum Gasteiger partial charge on any atom is 0.231 e. The smallest absolute Gasteiger partial charge is 0.231 e. The van der Waals surface area contributed by atoms with Crippen molar-refractivity contribution < 1.29 is 9.47 Å². The standard InChI is InChI=1S/C20H15N5O2/c1-2-4-16-13(3-1)9-15(11-22-16)23-19-7-8-21-20(25-19)24-14-5-6-17-18(10-14)27-12-26-17/h1-11H,12H2,(H2,21,23,24,25). The lowest BCUT2D eigenvalue weighted by Crippen LogP contribution is -2.00. The first-order valence-corrected chi connectivity index (χ1v) is 8.45. The van der Waals surface area contributed by atoms with E-state index in [1.54, 1.807) is 18.5 Å². The number of anilines is 4. The van der Waals surface area contributed by atoms with Gasteiger partial charge in [0.15, 0.2) is 11.5 Å². The van der Waals surface area contributed by atoms with Gasteiger partial charge < -0.3 is 20.1 Å². The van der Waals surface area contributed by atoms with Gasteiger partial charge in [-0.2, -0.15) is 4.98 Å². The number of nitrogens with one attached hydrogen (secondary N) is 2. The van der Waals surface area contributed by atoms with Gasteiger partial charge in [0.25, 0.3) is 0 Å². The molecule has 7 heteroatoms. The summed E-state index contributed by atoms with van der Waals surface area (Å²) in [4.78, 5) is 13.2. The molecule has 0 spiro atoms. The van der Waals surface area contributed by atoms with Crippen LogP contribution >= 0.6 is 0 Å². The summed E-state index contributed by atoms with van der Waals surface area (Å²) in [6.07, 6.45) is 3.48. The fourth-order valence-corrected chi connectivity index (χ4v) is 2.88. The summed E-state index contributed by atoms with van der Waals surface area (Å²) in [5.74, 6) is 2.59. The van der Waals surface area contributed by atoms with E-state index in [0.29, 0.717) is 17.5 Å². The molecule has 27 heavy (non-hydrogen) atoms. The molecule has 2 aromatic heterocycles. The number of pyridine rings is 1. The molecular formula is C20H15N5O2. The van der Waals surface area contributed by atoms with Crippen LogP contribution in [0, 0.1) is 0 Å². The number of benzene rings is 2. The minimum atomic E-state index is 0.245. The molecule has 0 bridgehead atoms. The number of aromatic nitrogens is 3. The molecule has 5 rings (SSSR count). The van der Waals surface area contributed by atoms with Crippen LogP contribution in [-0.2, 0) is 0 Å². The number of para-hydroxylation sites is 1. The molecule has 7 nitrogen and oxygen atoms in total. The highest BCUT2D eigenvalue weighted by atomic mass is 16.7. The Labute approximate surface area is 155 Å². The normalized spacial score (nSPS) is 12.1. The molecule has 132 valence electrons. The Bertz CT molecular complexity index is 1130. The SMILES string of the molecule is c1ccc2ncc(Nc3ccnc(Nc4ccc5c(c4)OCO5)n3)cc2c1. The van der Waals surface area contributed by atoms with Crippen LogP contribution in [0.4, 0.5) is 23.1 Å². The Morgan fingerprint density at radius 3 is 2.74 bits per heavy atom. The molecule has 0 fully saturated rings. The lowest BCUT2D eigenvalue weighted by atomic mass is 10.2. The van der Waals surface area contributed by atoms with E-state index in [4.69, 9.17) is 9.47 Å². The van der Waals surface area contributed by atoms with Gasteiger partial charge in [0.1, 0.15) is 5.82 Å². The fraction of sp³-hybridized carbons (Fsp3) is 0.0500. The van der Waals surface area contributed by atoms with E-state index in [2.05, 4.69) is 25.6 Å². The summed E-state index contributed by atoms with van der Waals surface area (Å²) in [7, 11) is 0. The quantitative estimate of drug-likeness (QED) is 0.565. The molecule has 0 atom stereocenters. The van der Waals surface area contributed by atoms with Crippen LogP contribution < -0.4 is 20.1 Å². The third-order valence-corrected chi connectivity index (χ3v) is 4.15. The summed E-state index contributed by atoms with van der Waals surface area (Å²) in [5.41, 5.74) is 2.64. The molecule has 0 saturated heterocycles. The summed E-state index contributed by atoms with van der Waals surface area (Å²) in [5, 5.41) is 7.51.